The summed E-state index contributed by atoms with van der Waals surface area (Å²) in [6.07, 6.45) is 3.26. The molecule has 2 aliphatic rings. The van der Waals surface area contributed by atoms with E-state index in [9.17, 15) is 4.79 Å². The fourth-order valence-electron chi connectivity index (χ4n) is 3.34. The van der Waals surface area contributed by atoms with Crippen LogP contribution in [0, 0.1) is 5.92 Å². The first-order valence-electron chi connectivity index (χ1n) is 7.99. The van der Waals surface area contributed by atoms with Gasteiger partial charge in [0.1, 0.15) is 5.82 Å². The molecule has 0 saturated carbocycles. The summed E-state index contributed by atoms with van der Waals surface area (Å²) in [5.41, 5.74) is 0. The maximum absolute atomic E-state index is 12.5. The number of likely N-dealkylation sites (N-methyl/N-ethyl adjacent to an activating group) is 1. The van der Waals surface area contributed by atoms with Gasteiger partial charge >= 0.3 is 0 Å². The molecule has 1 aromatic heterocycles. The molecule has 0 aliphatic carbocycles. The largest absolute Gasteiger partial charge is 0.332 e. The number of carbonyl (C=O) groups excluding carboxylic acids is 1. The van der Waals surface area contributed by atoms with Gasteiger partial charge in [-0.2, -0.15) is 0 Å². The van der Waals surface area contributed by atoms with E-state index in [4.69, 9.17) is 0 Å². The summed E-state index contributed by atoms with van der Waals surface area (Å²) in [6, 6.07) is 0.110. The Bertz CT molecular complexity index is 524. The average molecular weight is 291 g/mol. The molecule has 2 aliphatic heterocycles. The first-order valence-corrected chi connectivity index (χ1v) is 7.99. The third-order valence-corrected chi connectivity index (χ3v) is 4.55. The molecule has 0 radical (unpaired) electrons. The van der Waals surface area contributed by atoms with Gasteiger partial charge in [0.2, 0.25) is 5.91 Å². The van der Waals surface area contributed by atoms with Gasteiger partial charge in [0.05, 0.1) is 12.6 Å². The maximum atomic E-state index is 12.5. The number of piperidine rings is 1. The molecule has 0 bridgehead atoms. The summed E-state index contributed by atoms with van der Waals surface area (Å²) in [5, 5.41) is 8.79. The molecule has 1 fully saturated rings. The Labute approximate surface area is 126 Å². The van der Waals surface area contributed by atoms with E-state index in [2.05, 4.69) is 26.7 Å². The number of hydrogen-bond acceptors (Lipinski definition) is 4. The lowest BCUT2D eigenvalue weighted by atomic mass is 9.99. The minimum atomic E-state index is 0.0421. The predicted octanol–water partition coefficient (Wildman–Crippen LogP) is 1.43. The number of fused-ring (bicyclic) bond motifs is 1. The fraction of sp³-hybridized carbons (Fsp3) is 0.800. The molecule has 0 spiro atoms. The van der Waals surface area contributed by atoms with Crippen LogP contribution in [0.5, 0.6) is 0 Å². The van der Waals surface area contributed by atoms with Gasteiger partial charge in [0.15, 0.2) is 5.82 Å². The van der Waals surface area contributed by atoms with Crippen LogP contribution in [-0.2, 0) is 17.9 Å². The first-order chi connectivity index (χ1) is 10.1. The van der Waals surface area contributed by atoms with Crippen molar-refractivity contribution in [3.8, 4) is 0 Å². The Morgan fingerprint density at radius 2 is 2.00 bits per heavy atom. The van der Waals surface area contributed by atoms with Crippen LogP contribution >= 0.6 is 0 Å². The van der Waals surface area contributed by atoms with Crippen molar-refractivity contribution in [3.05, 3.63) is 11.6 Å². The Morgan fingerprint density at radius 1 is 1.19 bits per heavy atom. The van der Waals surface area contributed by atoms with Crippen LogP contribution in [0.3, 0.4) is 0 Å². The van der Waals surface area contributed by atoms with Gasteiger partial charge in [-0.25, -0.2) is 0 Å². The molecule has 6 heteroatoms. The third kappa shape index (κ3) is 2.69. The highest BCUT2D eigenvalue weighted by molar-refractivity contribution is 5.78. The minimum absolute atomic E-state index is 0.0421. The van der Waals surface area contributed by atoms with E-state index in [1.54, 1.807) is 0 Å². The summed E-state index contributed by atoms with van der Waals surface area (Å²) < 4.78 is 2.23. The predicted molar refractivity (Wildman–Crippen MR) is 79.5 cm³/mol. The molecule has 3 rings (SSSR count). The zero-order valence-corrected chi connectivity index (χ0v) is 13.2. The summed E-state index contributed by atoms with van der Waals surface area (Å²) in [4.78, 5) is 16.8. The zero-order chi connectivity index (χ0) is 15.0. The molecule has 1 saturated heterocycles. The quantitative estimate of drug-likeness (QED) is 0.827. The topological polar surface area (TPSA) is 54.3 Å². The molecular formula is C15H25N5O. The van der Waals surface area contributed by atoms with Crippen LogP contribution in [0.2, 0.25) is 0 Å². The summed E-state index contributed by atoms with van der Waals surface area (Å²) in [6.45, 7) is 7.59. The first kappa shape index (κ1) is 14.5. The van der Waals surface area contributed by atoms with E-state index in [0.717, 1.165) is 57.1 Å². The third-order valence-electron chi connectivity index (χ3n) is 4.55. The molecule has 1 aromatic rings. The van der Waals surface area contributed by atoms with Crippen molar-refractivity contribution in [2.45, 2.75) is 52.2 Å². The van der Waals surface area contributed by atoms with Gasteiger partial charge in [0, 0.05) is 25.6 Å². The van der Waals surface area contributed by atoms with E-state index in [-0.39, 0.29) is 17.9 Å². The molecule has 3 heterocycles. The summed E-state index contributed by atoms with van der Waals surface area (Å²) in [7, 11) is 2.10. The van der Waals surface area contributed by atoms with Crippen LogP contribution in [0.15, 0.2) is 0 Å². The highest BCUT2D eigenvalue weighted by Gasteiger charge is 2.34. The van der Waals surface area contributed by atoms with Crippen molar-refractivity contribution in [3.63, 3.8) is 0 Å². The molecule has 0 N–H and O–H groups in total. The Hall–Kier alpha value is -1.43. The second-order valence-corrected chi connectivity index (χ2v) is 6.56. The zero-order valence-electron chi connectivity index (χ0n) is 13.2. The van der Waals surface area contributed by atoms with E-state index in [1.807, 2.05) is 18.7 Å². The summed E-state index contributed by atoms with van der Waals surface area (Å²) >= 11 is 0. The van der Waals surface area contributed by atoms with E-state index in [1.165, 1.54) is 0 Å². The number of nitrogens with zero attached hydrogens (tertiary/aromatic N) is 5. The van der Waals surface area contributed by atoms with Crippen molar-refractivity contribution in [2.75, 3.05) is 20.1 Å². The van der Waals surface area contributed by atoms with Crippen molar-refractivity contribution >= 4 is 5.91 Å². The lowest BCUT2D eigenvalue weighted by Gasteiger charge is -2.37. The lowest BCUT2D eigenvalue weighted by Crippen LogP contribution is -2.42. The van der Waals surface area contributed by atoms with Crippen molar-refractivity contribution < 1.29 is 4.79 Å². The number of likely N-dealkylation sites (tertiary alicyclic amines) is 1. The molecule has 21 heavy (non-hydrogen) atoms. The minimum Gasteiger partial charge on any atom is -0.332 e. The monoisotopic (exact) mass is 291 g/mol. The van der Waals surface area contributed by atoms with Crippen molar-refractivity contribution in [1.82, 2.24) is 24.6 Å². The van der Waals surface area contributed by atoms with Crippen LogP contribution in [-0.4, -0.2) is 50.6 Å². The van der Waals surface area contributed by atoms with Gasteiger partial charge in [-0.1, -0.05) is 13.8 Å². The van der Waals surface area contributed by atoms with E-state index in [0.29, 0.717) is 0 Å². The van der Waals surface area contributed by atoms with E-state index < -0.39 is 0 Å². The van der Waals surface area contributed by atoms with Gasteiger partial charge < -0.3 is 9.47 Å². The second kappa shape index (κ2) is 5.75. The van der Waals surface area contributed by atoms with Gasteiger partial charge in [0.25, 0.3) is 0 Å². The SMILES string of the molecule is CC(C)C(=O)N1CCCC[C@H]1c1nnc2n1CCN(C)C2. The van der Waals surface area contributed by atoms with Gasteiger partial charge in [-0.05, 0) is 26.3 Å². The molecule has 116 valence electrons. The average Bonchev–Trinajstić information content (AvgIpc) is 2.89. The number of amides is 1. The molecule has 1 amide bonds. The van der Waals surface area contributed by atoms with Crippen LogP contribution < -0.4 is 0 Å². The second-order valence-electron chi connectivity index (χ2n) is 6.56. The summed E-state index contributed by atoms with van der Waals surface area (Å²) in [5.74, 6) is 2.30. The number of aromatic nitrogens is 3. The lowest BCUT2D eigenvalue weighted by molar-refractivity contribution is -0.138. The Balaban J connectivity index is 1.89. The van der Waals surface area contributed by atoms with Crippen LogP contribution in [0.1, 0.15) is 50.8 Å². The number of carbonyl (C=O) groups is 1. The highest BCUT2D eigenvalue weighted by atomic mass is 16.2. The number of rotatable bonds is 2. The Morgan fingerprint density at radius 3 is 2.76 bits per heavy atom. The molecular weight excluding hydrogens is 266 g/mol. The van der Waals surface area contributed by atoms with E-state index >= 15 is 0 Å². The Kier molecular flexibility index (Phi) is 3.97. The van der Waals surface area contributed by atoms with Crippen LogP contribution in [0.4, 0.5) is 0 Å². The number of hydrogen-bond donors (Lipinski definition) is 0. The fourth-order valence-corrected chi connectivity index (χ4v) is 3.34. The highest BCUT2D eigenvalue weighted by Crippen LogP contribution is 2.32. The molecule has 6 nitrogen and oxygen atoms in total. The van der Waals surface area contributed by atoms with Crippen molar-refractivity contribution in [2.24, 2.45) is 5.92 Å². The van der Waals surface area contributed by atoms with Gasteiger partial charge in [-0.3, -0.25) is 9.69 Å². The maximum Gasteiger partial charge on any atom is 0.225 e. The normalized spacial score (nSPS) is 23.4. The standard InChI is InChI=1S/C15H25N5O/c1-11(2)15(21)19-7-5-4-6-12(19)14-17-16-13-10-18(3)8-9-20(13)14/h11-12H,4-10H2,1-3H3/t12-/m0/s1. The molecule has 0 aromatic carbocycles. The van der Waals surface area contributed by atoms with Crippen LogP contribution in [0.25, 0.3) is 0 Å². The molecule has 1 atom stereocenters. The van der Waals surface area contributed by atoms with Gasteiger partial charge in [-0.15, -0.1) is 10.2 Å². The molecule has 0 unspecified atom stereocenters. The van der Waals surface area contributed by atoms with Crippen molar-refractivity contribution in [1.29, 1.82) is 0 Å². The smallest absolute Gasteiger partial charge is 0.225 e.